The van der Waals surface area contributed by atoms with E-state index in [0.717, 1.165) is 0 Å². The highest BCUT2D eigenvalue weighted by molar-refractivity contribution is 7.87. The molecule has 0 fully saturated rings. The van der Waals surface area contributed by atoms with E-state index in [9.17, 15) is 18.3 Å². The van der Waals surface area contributed by atoms with Crippen molar-refractivity contribution in [3.8, 4) is 5.75 Å². The van der Waals surface area contributed by atoms with Crippen molar-refractivity contribution in [3.63, 3.8) is 0 Å². The van der Waals surface area contributed by atoms with Crippen LogP contribution >= 0.6 is 0 Å². The number of hydrogen-bond acceptors (Lipinski definition) is 6. The summed E-state index contributed by atoms with van der Waals surface area (Å²) in [5.41, 5.74) is 4.82. The van der Waals surface area contributed by atoms with Gasteiger partial charge in [0.2, 0.25) is 0 Å². The lowest BCUT2D eigenvalue weighted by Crippen LogP contribution is -2.15. The smallest absolute Gasteiger partial charge is 0.337 e. The predicted molar refractivity (Wildman–Crippen MR) is 119 cm³/mol. The number of hydroxylamine groups is 1. The zero-order chi connectivity index (χ0) is 22.4. The fourth-order valence-corrected chi connectivity index (χ4v) is 4.06. The van der Waals surface area contributed by atoms with Crippen LogP contribution in [0.3, 0.4) is 0 Å². The first-order valence-corrected chi connectivity index (χ1v) is 11.4. The normalized spacial score (nSPS) is 12.1. The van der Waals surface area contributed by atoms with Crippen LogP contribution in [0.15, 0.2) is 54.7 Å². The van der Waals surface area contributed by atoms with E-state index in [2.05, 4.69) is 5.48 Å². The lowest BCUT2D eigenvalue weighted by molar-refractivity contribution is 0.0699. The molecule has 2 aromatic carbocycles. The summed E-state index contributed by atoms with van der Waals surface area (Å²) < 4.78 is 30.9. The summed E-state index contributed by atoms with van der Waals surface area (Å²) in [5.74, 6) is -0.928. The van der Waals surface area contributed by atoms with Crippen molar-refractivity contribution in [2.45, 2.75) is 20.3 Å². The van der Waals surface area contributed by atoms with Gasteiger partial charge in [-0.3, -0.25) is 10.3 Å². The molecule has 0 unspecified atom stereocenters. The minimum Gasteiger partial charge on any atom is -0.478 e. The van der Waals surface area contributed by atoms with E-state index in [1.54, 1.807) is 54.1 Å². The molecule has 0 aliphatic carbocycles. The molecule has 1 heterocycles. The fraction of sp³-hybridized carbons (Fsp3) is 0.227. The van der Waals surface area contributed by atoms with Crippen LogP contribution in [-0.4, -0.2) is 36.4 Å². The molecule has 3 aromatic rings. The Balaban J connectivity index is 2.06. The topological polar surface area (TPSA) is 107 Å². The van der Waals surface area contributed by atoms with E-state index in [1.807, 2.05) is 19.1 Å². The number of carbonyl (C=O) groups is 1. The quantitative estimate of drug-likeness (QED) is 0.360. The molecule has 31 heavy (non-hydrogen) atoms. The number of carboxylic acids is 1. The van der Waals surface area contributed by atoms with Gasteiger partial charge in [-0.05, 0) is 31.5 Å². The molecule has 0 atom stereocenters. The molecule has 0 aliphatic rings. The Hall–Kier alpha value is -3.30. The van der Waals surface area contributed by atoms with E-state index >= 15 is 0 Å². The molecule has 0 bridgehead atoms. The van der Waals surface area contributed by atoms with Gasteiger partial charge >= 0.3 is 16.1 Å². The van der Waals surface area contributed by atoms with Crippen molar-refractivity contribution in [2.24, 2.45) is 0 Å². The molecule has 0 aliphatic heterocycles. The first-order valence-electron chi connectivity index (χ1n) is 9.79. The van der Waals surface area contributed by atoms with Gasteiger partial charge in [-0.1, -0.05) is 37.3 Å². The van der Waals surface area contributed by atoms with Crippen molar-refractivity contribution in [1.82, 2.24) is 10.0 Å². The second-order valence-electron chi connectivity index (χ2n) is 6.72. The number of nitrogens with one attached hydrogen (secondary N) is 1. The number of para-hydroxylation sites is 1. The SMILES string of the molecule is CCCS(=O)(=O)Oc1cccc(C(=Cn2cc(C(=O)O)c3ccccc32)NOCC)c1. The summed E-state index contributed by atoms with van der Waals surface area (Å²) in [6.45, 7) is 3.96. The highest BCUT2D eigenvalue weighted by Gasteiger charge is 2.15. The summed E-state index contributed by atoms with van der Waals surface area (Å²) in [4.78, 5) is 17.0. The Kier molecular flexibility index (Phi) is 6.98. The van der Waals surface area contributed by atoms with Crippen LogP contribution in [0, 0.1) is 0 Å². The fourth-order valence-electron chi connectivity index (χ4n) is 3.08. The third-order valence-electron chi connectivity index (χ3n) is 4.39. The highest BCUT2D eigenvalue weighted by Crippen LogP contribution is 2.25. The Morgan fingerprint density at radius 3 is 2.65 bits per heavy atom. The number of aromatic carboxylic acids is 1. The minimum absolute atomic E-state index is 0.0789. The number of aromatic nitrogens is 1. The Bertz CT molecular complexity index is 1210. The van der Waals surface area contributed by atoms with Crippen molar-refractivity contribution in [3.05, 3.63) is 65.9 Å². The van der Waals surface area contributed by atoms with Crippen LogP contribution in [0.1, 0.15) is 36.2 Å². The summed E-state index contributed by atoms with van der Waals surface area (Å²) >= 11 is 0. The average molecular weight is 445 g/mol. The van der Waals surface area contributed by atoms with Gasteiger partial charge in [-0.15, -0.1) is 0 Å². The van der Waals surface area contributed by atoms with Gasteiger partial charge in [-0.25, -0.2) is 4.79 Å². The average Bonchev–Trinajstić information content (AvgIpc) is 3.09. The maximum Gasteiger partial charge on any atom is 0.337 e. The maximum atomic E-state index is 12.0. The van der Waals surface area contributed by atoms with Gasteiger partial charge in [0.25, 0.3) is 0 Å². The second-order valence-corrected chi connectivity index (χ2v) is 8.41. The molecule has 0 saturated carbocycles. The lowest BCUT2D eigenvalue weighted by atomic mass is 10.1. The van der Waals surface area contributed by atoms with Gasteiger partial charge in [0.1, 0.15) is 5.75 Å². The zero-order valence-electron chi connectivity index (χ0n) is 17.2. The molecule has 9 heteroatoms. The van der Waals surface area contributed by atoms with E-state index in [-0.39, 0.29) is 17.1 Å². The van der Waals surface area contributed by atoms with E-state index in [0.29, 0.717) is 35.2 Å². The lowest BCUT2D eigenvalue weighted by Gasteiger charge is -2.13. The first-order chi connectivity index (χ1) is 14.8. The van der Waals surface area contributed by atoms with Crippen LogP contribution in [0.4, 0.5) is 0 Å². The van der Waals surface area contributed by atoms with Crippen molar-refractivity contribution >= 4 is 38.9 Å². The highest BCUT2D eigenvalue weighted by atomic mass is 32.2. The summed E-state index contributed by atoms with van der Waals surface area (Å²) in [6.07, 6.45) is 3.66. The van der Waals surface area contributed by atoms with Gasteiger partial charge in [-0.2, -0.15) is 8.42 Å². The van der Waals surface area contributed by atoms with Crippen LogP contribution < -0.4 is 9.66 Å². The van der Waals surface area contributed by atoms with E-state index in [4.69, 9.17) is 9.02 Å². The Morgan fingerprint density at radius 1 is 1.16 bits per heavy atom. The number of carboxylic acid groups (broad SMARTS) is 1. The molecule has 0 radical (unpaired) electrons. The summed E-state index contributed by atoms with van der Waals surface area (Å²) in [5, 5.41) is 10.1. The van der Waals surface area contributed by atoms with Crippen molar-refractivity contribution < 1.29 is 27.3 Å². The minimum atomic E-state index is -3.68. The van der Waals surface area contributed by atoms with Crippen LogP contribution in [0.25, 0.3) is 22.8 Å². The van der Waals surface area contributed by atoms with Crippen molar-refractivity contribution in [2.75, 3.05) is 12.4 Å². The summed E-state index contributed by atoms with van der Waals surface area (Å²) in [7, 11) is -3.68. The molecule has 0 amide bonds. The third kappa shape index (κ3) is 5.44. The molecule has 2 N–H and O–H groups in total. The molecule has 0 saturated heterocycles. The molecule has 1 aromatic heterocycles. The van der Waals surface area contributed by atoms with Gasteiger partial charge in [0, 0.05) is 23.3 Å². The largest absolute Gasteiger partial charge is 0.478 e. The summed E-state index contributed by atoms with van der Waals surface area (Å²) in [6, 6.07) is 13.7. The van der Waals surface area contributed by atoms with Crippen LogP contribution in [0.2, 0.25) is 0 Å². The van der Waals surface area contributed by atoms with Gasteiger partial charge in [0.15, 0.2) is 0 Å². The van der Waals surface area contributed by atoms with Crippen LogP contribution in [-0.2, 0) is 15.0 Å². The van der Waals surface area contributed by atoms with Crippen LogP contribution in [0.5, 0.6) is 5.75 Å². The monoisotopic (exact) mass is 444 g/mol. The van der Waals surface area contributed by atoms with Crippen molar-refractivity contribution in [1.29, 1.82) is 0 Å². The number of hydrogen-bond donors (Lipinski definition) is 2. The number of nitrogens with zero attached hydrogens (tertiary/aromatic N) is 1. The molecule has 8 nitrogen and oxygen atoms in total. The predicted octanol–water partition coefficient (Wildman–Crippen LogP) is 3.95. The second kappa shape index (κ2) is 9.67. The number of benzene rings is 2. The third-order valence-corrected chi connectivity index (χ3v) is 5.74. The van der Waals surface area contributed by atoms with Gasteiger partial charge in [0.05, 0.1) is 29.1 Å². The molecular formula is C22H24N2O6S. The maximum absolute atomic E-state index is 12.0. The molecule has 3 rings (SSSR count). The Labute approximate surface area is 180 Å². The number of fused-ring (bicyclic) bond motifs is 1. The Morgan fingerprint density at radius 2 is 1.94 bits per heavy atom. The first kappa shape index (κ1) is 22.4. The molecular weight excluding hydrogens is 420 g/mol. The van der Waals surface area contributed by atoms with Gasteiger partial charge < -0.3 is 13.9 Å². The molecule has 164 valence electrons. The molecule has 0 spiro atoms. The van der Waals surface area contributed by atoms with E-state index < -0.39 is 16.1 Å². The number of rotatable bonds is 10. The standard InChI is InChI=1S/C22H24N2O6S/c1-3-12-31(27,28)30-17-9-7-8-16(13-17)20(23-29-4-2)15-24-14-19(22(25)26)18-10-5-6-11-21(18)24/h5-11,13-15,23H,3-4,12H2,1-2H3,(H,25,26). The zero-order valence-corrected chi connectivity index (χ0v) is 18.1. The van der Waals surface area contributed by atoms with E-state index in [1.165, 1.54) is 6.20 Å².